The number of aliphatic carboxylic acids is 1. The largest absolute Gasteiger partial charge is 0.480 e. The second kappa shape index (κ2) is 4.82. The van der Waals surface area contributed by atoms with Crippen molar-refractivity contribution >= 4 is 5.97 Å². The summed E-state index contributed by atoms with van der Waals surface area (Å²) < 4.78 is 0. The van der Waals surface area contributed by atoms with Crippen LogP contribution in [0.5, 0.6) is 0 Å². The van der Waals surface area contributed by atoms with Gasteiger partial charge in [-0.05, 0) is 18.8 Å². The molecule has 0 fully saturated rings. The molecule has 0 aromatic carbocycles. The molecular weight excluding hydrogens is 146 g/mol. The number of carboxylic acids is 1. The smallest absolute Gasteiger partial charge is 0.332 e. The number of nitrogens with zero attached hydrogens (tertiary/aromatic N) is 1. The average Bonchev–Trinajstić information content (AvgIpc) is 1.87. The second-order valence-electron chi connectivity index (χ2n) is 2.93. The minimum atomic E-state index is -1.12. The summed E-state index contributed by atoms with van der Waals surface area (Å²) >= 11 is 0. The van der Waals surface area contributed by atoms with Crippen molar-refractivity contribution in [1.29, 1.82) is 0 Å². The summed E-state index contributed by atoms with van der Waals surface area (Å²) in [6.45, 7) is 3.95. The zero-order valence-corrected chi connectivity index (χ0v) is 6.78. The third-order valence-corrected chi connectivity index (χ3v) is 1.43. The van der Waals surface area contributed by atoms with E-state index in [4.69, 9.17) is 5.11 Å². The van der Waals surface area contributed by atoms with Crippen molar-refractivity contribution in [3.8, 4) is 0 Å². The summed E-state index contributed by atoms with van der Waals surface area (Å²) in [6.07, 6.45) is 1.07. The van der Waals surface area contributed by atoms with Crippen LogP contribution in [0.2, 0.25) is 0 Å². The Balaban J connectivity index is 3.70. The summed E-state index contributed by atoms with van der Waals surface area (Å²) in [6, 6.07) is -1.06. The average molecular weight is 159 g/mol. The normalized spacial score (nSPS) is 13.0. The summed E-state index contributed by atoms with van der Waals surface area (Å²) in [4.78, 5) is 20.2. The molecule has 1 unspecified atom stereocenters. The van der Waals surface area contributed by atoms with Gasteiger partial charge < -0.3 is 5.11 Å². The molecule has 1 N–H and O–H groups in total. The van der Waals surface area contributed by atoms with Crippen LogP contribution in [0, 0.1) is 10.8 Å². The van der Waals surface area contributed by atoms with Crippen LogP contribution in [-0.4, -0.2) is 17.1 Å². The highest BCUT2D eigenvalue weighted by atomic mass is 16.4. The molecule has 0 heterocycles. The topological polar surface area (TPSA) is 66.7 Å². The van der Waals surface area contributed by atoms with Gasteiger partial charge in [0.15, 0.2) is 6.04 Å². The maximum atomic E-state index is 10.2. The fraction of sp³-hybridized carbons (Fsp3) is 0.857. The first-order chi connectivity index (χ1) is 5.07. The van der Waals surface area contributed by atoms with Gasteiger partial charge in [0.1, 0.15) is 0 Å². The Bertz CT molecular complexity index is 145. The SMILES string of the molecule is CC(C)CCC(N=O)C(=O)O. The Labute approximate surface area is 65.6 Å². The molecule has 0 aromatic heterocycles. The number of carboxylic acid groups (broad SMARTS) is 1. The molecule has 0 aliphatic rings. The molecule has 11 heavy (non-hydrogen) atoms. The van der Waals surface area contributed by atoms with Gasteiger partial charge >= 0.3 is 5.97 Å². The predicted octanol–water partition coefficient (Wildman–Crippen LogP) is 1.64. The van der Waals surface area contributed by atoms with Crippen molar-refractivity contribution in [3.63, 3.8) is 0 Å². The van der Waals surface area contributed by atoms with Crippen LogP contribution < -0.4 is 0 Å². The van der Waals surface area contributed by atoms with E-state index < -0.39 is 12.0 Å². The van der Waals surface area contributed by atoms with Gasteiger partial charge in [-0.25, -0.2) is 4.79 Å². The predicted molar refractivity (Wildman–Crippen MR) is 41.3 cm³/mol. The minimum Gasteiger partial charge on any atom is -0.480 e. The Hall–Kier alpha value is -0.930. The van der Waals surface area contributed by atoms with E-state index in [-0.39, 0.29) is 0 Å². The molecule has 0 rings (SSSR count). The van der Waals surface area contributed by atoms with Crippen molar-refractivity contribution in [2.75, 3.05) is 0 Å². The number of nitroso groups, excluding NO2 is 1. The molecule has 0 aromatic rings. The molecule has 0 saturated carbocycles. The fourth-order valence-electron chi connectivity index (χ4n) is 0.712. The zero-order valence-electron chi connectivity index (χ0n) is 6.78. The van der Waals surface area contributed by atoms with Gasteiger partial charge in [-0.1, -0.05) is 19.0 Å². The highest BCUT2D eigenvalue weighted by Gasteiger charge is 2.17. The highest BCUT2D eigenvalue weighted by Crippen LogP contribution is 2.08. The van der Waals surface area contributed by atoms with Crippen LogP contribution in [0.1, 0.15) is 26.7 Å². The summed E-state index contributed by atoms with van der Waals surface area (Å²) in [5, 5.41) is 10.9. The first kappa shape index (κ1) is 10.1. The maximum absolute atomic E-state index is 10.2. The Morgan fingerprint density at radius 2 is 2.00 bits per heavy atom. The second-order valence-corrected chi connectivity index (χ2v) is 2.93. The molecule has 0 saturated heterocycles. The van der Waals surface area contributed by atoms with Crippen molar-refractivity contribution < 1.29 is 9.90 Å². The van der Waals surface area contributed by atoms with Gasteiger partial charge in [-0.3, -0.25) is 0 Å². The van der Waals surface area contributed by atoms with Gasteiger partial charge in [0.05, 0.1) is 0 Å². The summed E-state index contributed by atoms with van der Waals surface area (Å²) in [5.74, 6) is -0.709. The van der Waals surface area contributed by atoms with E-state index in [0.717, 1.165) is 6.42 Å². The van der Waals surface area contributed by atoms with E-state index in [1.165, 1.54) is 0 Å². The monoisotopic (exact) mass is 159 g/mol. The third kappa shape index (κ3) is 4.47. The molecule has 0 aliphatic carbocycles. The highest BCUT2D eigenvalue weighted by molar-refractivity contribution is 5.73. The zero-order chi connectivity index (χ0) is 8.85. The van der Waals surface area contributed by atoms with Crippen molar-refractivity contribution in [2.45, 2.75) is 32.7 Å². The van der Waals surface area contributed by atoms with Crippen molar-refractivity contribution in [2.24, 2.45) is 11.1 Å². The minimum absolute atomic E-state index is 0.344. The summed E-state index contributed by atoms with van der Waals surface area (Å²) in [5.41, 5.74) is 0. The first-order valence-corrected chi connectivity index (χ1v) is 3.63. The van der Waals surface area contributed by atoms with E-state index in [1.807, 2.05) is 13.8 Å². The Morgan fingerprint density at radius 1 is 1.45 bits per heavy atom. The maximum Gasteiger partial charge on any atom is 0.332 e. The molecule has 0 aliphatic heterocycles. The number of hydrogen-bond acceptors (Lipinski definition) is 3. The van der Waals surface area contributed by atoms with Crippen molar-refractivity contribution in [1.82, 2.24) is 0 Å². The molecule has 0 radical (unpaired) electrons. The van der Waals surface area contributed by atoms with Crippen LogP contribution in [0.25, 0.3) is 0 Å². The lowest BCUT2D eigenvalue weighted by atomic mass is 10.0. The van der Waals surface area contributed by atoms with Crippen LogP contribution in [0.15, 0.2) is 5.18 Å². The number of carbonyl (C=O) groups is 1. The van der Waals surface area contributed by atoms with Crippen molar-refractivity contribution in [3.05, 3.63) is 4.91 Å². The van der Waals surface area contributed by atoms with Gasteiger partial charge in [-0.2, -0.15) is 0 Å². The van der Waals surface area contributed by atoms with E-state index in [0.29, 0.717) is 12.3 Å². The first-order valence-electron chi connectivity index (χ1n) is 3.63. The van der Waals surface area contributed by atoms with Crippen LogP contribution in [-0.2, 0) is 4.79 Å². The molecule has 4 heteroatoms. The van der Waals surface area contributed by atoms with E-state index in [2.05, 4.69) is 5.18 Å². The van der Waals surface area contributed by atoms with Gasteiger partial charge in [0.2, 0.25) is 0 Å². The molecular formula is C7H13NO3. The molecule has 64 valence electrons. The molecule has 0 bridgehead atoms. The fourth-order valence-corrected chi connectivity index (χ4v) is 0.712. The number of rotatable bonds is 5. The van der Waals surface area contributed by atoms with E-state index >= 15 is 0 Å². The van der Waals surface area contributed by atoms with Gasteiger partial charge in [0, 0.05) is 0 Å². The van der Waals surface area contributed by atoms with Gasteiger partial charge in [0.25, 0.3) is 0 Å². The van der Waals surface area contributed by atoms with Crippen LogP contribution in [0.3, 0.4) is 0 Å². The quantitative estimate of drug-likeness (QED) is 0.620. The lowest BCUT2D eigenvalue weighted by Gasteiger charge is -2.05. The third-order valence-electron chi connectivity index (χ3n) is 1.43. The molecule has 4 nitrogen and oxygen atoms in total. The standard InChI is InChI=1S/C7H13NO3/c1-5(2)3-4-6(8-11)7(9)10/h5-6H,3-4H2,1-2H3,(H,9,10). The molecule has 0 spiro atoms. The van der Waals surface area contributed by atoms with E-state index in [9.17, 15) is 9.70 Å². The lowest BCUT2D eigenvalue weighted by molar-refractivity contribution is -0.138. The lowest BCUT2D eigenvalue weighted by Crippen LogP contribution is -2.17. The Kier molecular flexibility index (Phi) is 4.41. The molecule has 0 amide bonds. The van der Waals surface area contributed by atoms with Gasteiger partial charge in [-0.15, -0.1) is 4.91 Å². The summed E-state index contributed by atoms with van der Waals surface area (Å²) in [7, 11) is 0. The number of hydrogen-bond donors (Lipinski definition) is 1. The van der Waals surface area contributed by atoms with E-state index in [1.54, 1.807) is 0 Å². The van der Waals surface area contributed by atoms with Crippen LogP contribution in [0.4, 0.5) is 0 Å². The molecule has 1 atom stereocenters. The Morgan fingerprint density at radius 3 is 2.27 bits per heavy atom. The van der Waals surface area contributed by atoms with Crippen LogP contribution >= 0.6 is 0 Å².